The first-order valence-corrected chi connectivity index (χ1v) is 10.7. The van der Waals surface area contributed by atoms with Crippen LogP contribution in [0.3, 0.4) is 0 Å². The molecular formula is C20H21N3O4S. The highest BCUT2D eigenvalue weighted by Crippen LogP contribution is 2.32. The molecule has 0 unspecified atom stereocenters. The number of sulfonamides is 1. The average Bonchev–Trinajstić information content (AvgIpc) is 3.24. The fourth-order valence-electron chi connectivity index (χ4n) is 3.51. The van der Waals surface area contributed by atoms with Crippen molar-refractivity contribution in [2.24, 2.45) is 0 Å². The number of anilines is 2. The summed E-state index contributed by atoms with van der Waals surface area (Å²) in [6.45, 7) is 0.404. The molecule has 0 aliphatic carbocycles. The molecular weight excluding hydrogens is 378 g/mol. The zero-order valence-corrected chi connectivity index (χ0v) is 16.0. The second-order valence-electron chi connectivity index (χ2n) is 6.85. The van der Waals surface area contributed by atoms with Gasteiger partial charge in [0, 0.05) is 30.1 Å². The molecule has 0 radical (unpaired) electrons. The van der Waals surface area contributed by atoms with Crippen molar-refractivity contribution in [3.8, 4) is 5.75 Å². The monoisotopic (exact) mass is 399 g/mol. The van der Waals surface area contributed by atoms with E-state index in [2.05, 4.69) is 10.3 Å². The number of aromatic amines is 1. The zero-order chi connectivity index (χ0) is 19.7. The Morgan fingerprint density at radius 3 is 2.82 bits per heavy atom. The van der Waals surface area contributed by atoms with Crippen molar-refractivity contribution >= 4 is 38.2 Å². The van der Waals surface area contributed by atoms with Crippen LogP contribution in [0.5, 0.6) is 5.75 Å². The molecule has 4 rings (SSSR count). The highest BCUT2D eigenvalue weighted by atomic mass is 32.2. The zero-order valence-electron chi connectivity index (χ0n) is 15.2. The number of fused-ring (bicyclic) bond motifs is 1. The predicted octanol–water partition coefficient (Wildman–Crippen LogP) is 2.98. The first-order chi connectivity index (χ1) is 13.4. The topological polar surface area (TPSA) is 103 Å². The number of phenols is 1. The number of phenolic OH excluding ortho intramolecular Hbond substituents is 1. The van der Waals surface area contributed by atoms with Crippen molar-refractivity contribution in [2.75, 3.05) is 21.9 Å². The van der Waals surface area contributed by atoms with Crippen LogP contribution in [0.15, 0.2) is 48.7 Å². The highest BCUT2D eigenvalue weighted by molar-refractivity contribution is 7.93. The molecule has 146 valence electrons. The Bertz CT molecular complexity index is 1140. The number of benzene rings is 2. The van der Waals surface area contributed by atoms with Gasteiger partial charge < -0.3 is 15.4 Å². The van der Waals surface area contributed by atoms with E-state index in [1.807, 2.05) is 30.5 Å². The summed E-state index contributed by atoms with van der Waals surface area (Å²) in [6, 6.07) is 12.3. The van der Waals surface area contributed by atoms with Gasteiger partial charge in [0.1, 0.15) is 5.75 Å². The summed E-state index contributed by atoms with van der Waals surface area (Å²) < 4.78 is 25.5. The van der Waals surface area contributed by atoms with Crippen molar-refractivity contribution in [2.45, 2.75) is 19.3 Å². The number of carbonyl (C=O) groups excluding carboxylic acids is 1. The summed E-state index contributed by atoms with van der Waals surface area (Å²) in [5.41, 5.74) is 2.73. The van der Waals surface area contributed by atoms with Crippen LogP contribution in [-0.4, -0.2) is 36.7 Å². The van der Waals surface area contributed by atoms with E-state index >= 15 is 0 Å². The number of aromatic hydroxyl groups is 1. The maximum atomic E-state index is 12.4. The molecule has 3 aromatic rings. The minimum absolute atomic E-state index is 0.0965. The molecule has 0 bridgehead atoms. The first-order valence-electron chi connectivity index (χ1n) is 9.12. The maximum Gasteiger partial charge on any atom is 0.235 e. The molecule has 2 heterocycles. The van der Waals surface area contributed by atoms with Gasteiger partial charge in [0.05, 0.1) is 17.1 Å². The molecule has 0 spiro atoms. The second kappa shape index (κ2) is 7.20. The number of H-pyrrole nitrogens is 1. The molecule has 1 aliphatic heterocycles. The summed E-state index contributed by atoms with van der Waals surface area (Å²) in [4.78, 5) is 15.6. The molecule has 1 aromatic heterocycles. The van der Waals surface area contributed by atoms with Gasteiger partial charge in [-0.05, 0) is 42.7 Å². The lowest BCUT2D eigenvalue weighted by molar-refractivity contribution is -0.116. The van der Waals surface area contributed by atoms with Gasteiger partial charge in [-0.1, -0.05) is 18.2 Å². The van der Waals surface area contributed by atoms with Gasteiger partial charge in [-0.15, -0.1) is 0 Å². The third-order valence-corrected chi connectivity index (χ3v) is 6.81. The number of para-hydroxylation sites is 1. The van der Waals surface area contributed by atoms with Crippen LogP contribution in [0.1, 0.15) is 18.4 Å². The predicted molar refractivity (Wildman–Crippen MR) is 109 cm³/mol. The molecule has 1 fully saturated rings. The standard InChI is InChI=1S/C20H21N3O4S/c24-19-8-7-15(23-10-3-11-28(23,26)27)12-18(19)22-20(25)9-6-14-13-21-17-5-2-1-4-16(14)17/h1-2,4-5,7-8,12-13,21,24H,3,6,9-11H2,(H,22,25). The van der Waals surface area contributed by atoms with E-state index in [1.165, 1.54) is 16.4 Å². The van der Waals surface area contributed by atoms with Crippen LogP contribution >= 0.6 is 0 Å². The van der Waals surface area contributed by atoms with E-state index < -0.39 is 10.0 Å². The Kier molecular flexibility index (Phi) is 4.72. The molecule has 1 saturated heterocycles. The Balaban J connectivity index is 1.46. The van der Waals surface area contributed by atoms with Crippen molar-refractivity contribution < 1.29 is 18.3 Å². The minimum atomic E-state index is -3.32. The Labute approximate surface area is 163 Å². The lowest BCUT2D eigenvalue weighted by Crippen LogP contribution is -2.25. The van der Waals surface area contributed by atoms with Crippen LogP contribution in [0.4, 0.5) is 11.4 Å². The largest absolute Gasteiger partial charge is 0.506 e. The number of carbonyl (C=O) groups is 1. The number of aromatic nitrogens is 1. The summed E-state index contributed by atoms with van der Waals surface area (Å²) in [5, 5.41) is 13.8. The minimum Gasteiger partial charge on any atom is -0.506 e. The molecule has 1 amide bonds. The highest BCUT2D eigenvalue weighted by Gasteiger charge is 2.28. The van der Waals surface area contributed by atoms with Crippen LogP contribution in [0.2, 0.25) is 0 Å². The SMILES string of the molecule is O=C(CCc1c[nH]c2ccccc12)Nc1cc(N2CCCS2(=O)=O)ccc1O. The van der Waals surface area contributed by atoms with E-state index in [4.69, 9.17) is 0 Å². The van der Waals surface area contributed by atoms with Gasteiger partial charge in [-0.25, -0.2) is 8.42 Å². The van der Waals surface area contributed by atoms with E-state index in [1.54, 1.807) is 6.07 Å². The maximum absolute atomic E-state index is 12.4. The molecule has 2 aromatic carbocycles. The second-order valence-corrected chi connectivity index (χ2v) is 8.86. The van der Waals surface area contributed by atoms with Crippen molar-refractivity contribution in [3.05, 3.63) is 54.2 Å². The lowest BCUT2D eigenvalue weighted by atomic mass is 10.1. The fraction of sp³-hybridized carbons (Fsp3) is 0.250. The normalized spacial score (nSPS) is 15.8. The quantitative estimate of drug-likeness (QED) is 0.574. The molecule has 0 saturated carbocycles. The van der Waals surface area contributed by atoms with Crippen LogP contribution in [0, 0.1) is 0 Å². The number of amides is 1. The first kappa shape index (κ1) is 18.4. The van der Waals surface area contributed by atoms with Gasteiger partial charge in [0.25, 0.3) is 0 Å². The number of hydrogen-bond acceptors (Lipinski definition) is 4. The average molecular weight is 399 g/mol. The number of nitrogens with zero attached hydrogens (tertiary/aromatic N) is 1. The van der Waals surface area contributed by atoms with Crippen molar-refractivity contribution in [3.63, 3.8) is 0 Å². The van der Waals surface area contributed by atoms with Gasteiger partial charge in [0.15, 0.2) is 0 Å². The fourth-order valence-corrected chi connectivity index (χ4v) is 5.06. The smallest absolute Gasteiger partial charge is 0.235 e. The molecule has 8 heteroatoms. The number of rotatable bonds is 5. The van der Waals surface area contributed by atoms with E-state index in [9.17, 15) is 18.3 Å². The number of nitrogens with one attached hydrogen (secondary N) is 2. The third-order valence-electron chi connectivity index (χ3n) is 4.94. The van der Waals surface area contributed by atoms with Gasteiger partial charge in [0.2, 0.25) is 15.9 Å². The Morgan fingerprint density at radius 2 is 2.04 bits per heavy atom. The third kappa shape index (κ3) is 3.55. The van der Waals surface area contributed by atoms with Crippen LogP contribution in [-0.2, 0) is 21.2 Å². The van der Waals surface area contributed by atoms with Gasteiger partial charge in [-0.3, -0.25) is 9.10 Å². The van der Waals surface area contributed by atoms with E-state index in [-0.39, 0.29) is 29.5 Å². The van der Waals surface area contributed by atoms with Crippen LogP contribution in [0.25, 0.3) is 10.9 Å². The molecule has 1 aliphatic rings. The lowest BCUT2D eigenvalue weighted by Gasteiger charge is -2.18. The summed E-state index contributed by atoms with van der Waals surface area (Å²) >= 11 is 0. The van der Waals surface area contributed by atoms with Crippen LogP contribution < -0.4 is 9.62 Å². The van der Waals surface area contributed by atoms with Crippen molar-refractivity contribution in [1.82, 2.24) is 4.98 Å². The molecule has 28 heavy (non-hydrogen) atoms. The summed E-state index contributed by atoms with van der Waals surface area (Å²) in [7, 11) is -3.32. The van der Waals surface area contributed by atoms with Gasteiger partial charge >= 0.3 is 0 Å². The Morgan fingerprint density at radius 1 is 1.21 bits per heavy atom. The number of hydrogen-bond donors (Lipinski definition) is 3. The van der Waals surface area contributed by atoms with Crippen molar-refractivity contribution in [1.29, 1.82) is 0 Å². The Hall–Kier alpha value is -3.00. The van der Waals surface area contributed by atoms with Gasteiger partial charge in [-0.2, -0.15) is 0 Å². The van der Waals surface area contributed by atoms with E-state index in [0.29, 0.717) is 25.1 Å². The summed E-state index contributed by atoms with van der Waals surface area (Å²) in [6.07, 6.45) is 3.26. The van der Waals surface area contributed by atoms with E-state index in [0.717, 1.165) is 16.5 Å². The molecule has 3 N–H and O–H groups in total. The summed E-state index contributed by atoms with van der Waals surface area (Å²) in [5.74, 6) is -0.233. The number of aryl methyl sites for hydroxylation is 1. The molecule has 0 atom stereocenters. The molecule has 7 nitrogen and oxygen atoms in total.